The van der Waals surface area contributed by atoms with E-state index in [9.17, 15) is 0 Å². The maximum Gasteiger partial charge on any atom is 0.0889 e. The molecule has 2 heterocycles. The molecule has 0 fully saturated rings. The van der Waals surface area contributed by atoms with Crippen LogP contribution in [0.25, 0.3) is 16.8 Å². The van der Waals surface area contributed by atoms with Crippen LogP contribution in [0, 0.1) is 6.92 Å². The first-order valence-electron chi connectivity index (χ1n) is 5.40. The summed E-state index contributed by atoms with van der Waals surface area (Å²) in [6.07, 6.45) is 5.48. The van der Waals surface area contributed by atoms with Crippen molar-refractivity contribution in [3.8, 4) is 11.3 Å². The highest BCUT2D eigenvalue weighted by atomic mass is 15.2. The van der Waals surface area contributed by atoms with Gasteiger partial charge in [-0.1, -0.05) is 6.07 Å². The lowest BCUT2D eigenvalue weighted by atomic mass is 10.1. The van der Waals surface area contributed by atoms with Gasteiger partial charge in [0.05, 0.1) is 29.8 Å². The Morgan fingerprint density at radius 3 is 3.00 bits per heavy atom. The van der Waals surface area contributed by atoms with Crippen LogP contribution in [0.2, 0.25) is 0 Å². The van der Waals surface area contributed by atoms with E-state index in [1.807, 2.05) is 48.1 Å². The van der Waals surface area contributed by atoms with E-state index >= 15 is 0 Å². The molecule has 0 aliphatic heterocycles. The molecule has 0 saturated carbocycles. The van der Waals surface area contributed by atoms with E-state index in [0.29, 0.717) is 0 Å². The first kappa shape index (κ1) is 9.84. The van der Waals surface area contributed by atoms with E-state index in [4.69, 9.17) is 5.73 Å². The van der Waals surface area contributed by atoms with Gasteiger partial charge in [0.1, 0.15) is 0 Å². The van der Waals surface area contributed by atoms with Crippen LogP contribution in [0.15, 0.2) is 42.9 Å². The highest BCUT2D eigenvalue weighted by Crippen LogP contribution is 2.23. The number of fused-ring (bicyclic) bond motifs is 1. The number of anilines is 1. The number of rotatable bonds is 1. The number of aryl methyl sites for hydroxylation is 1. The highest BCUT2D eigenvalue weighted by molar-refractivity contribution is 5.68. The van der Waals surface area contributed by atoms with Crippen LogP contribution in [-0.2, 0) is 0 Å². The van der Waals surface area contributed by atoms with E-state index in [-0.39, 0.29) is 0 Å². The second-order valence-corrected chi connectivity index (χ2v) is 4.05. The third-order valence-electron chi connectivity index (χ3n) is 2.82. The lowest BCUT2D eigenvalue weighted by Crippen LogP contribution is -1.94. The smallest absolute Gasteiger partial charge is 0.0889 e. The molecule has 1 aromatic carbocycles. The molecule has 0 saturated heterocycles. The molecule has 84 valence electrons. The summed E-state index contributed by atoms with van der Waals surface area (Å²) in [5.74, 6) is 0. The van der Waals surface area contributed by atoms with E-state index < -0.39 is 0 Å². The molecule has 3 rings (SSSR count). The Balaban J connectivity index is 2.22. The average molecular weight is 224 g/mol. The summed E-state index contributed by atoms with van der Waals surface area (Å²) < 4.78 is 1.81. The van der Waals surface area contributed by atoms with Crippen molar-refractivity contribution in [2.45, 2.75) is 6.92 Å². The van der Waals surface area contributed by atoms with Crippen LogP contribution in [0.5, 0.6) is 0 Å². The van der Waals surface area contributed by atoms with Crippen molar-refractivity contribution in [2.24, 2.45) is 0 Å². The number of hydrogen-bond acceptors (Lipinski definition) is 3. The normalized spacial score (nSPS) is 10.9. The summed E-state index contributed by atoms with van der Waals surface area (Å²) in [7, 11) is 0. The van der Waals surface area contributed by atoms with E-state index in [1.165, 1.54) is 0 Å². The molecule has 4 nitrogen and oxygen atoms in total. The third-order valence-corrected chi connectivity index (χ3v) is 2.82. The van der Waals surface area contributed by atoms with Crippen LogP contribution in [0.4, 0.5) is 5.69 Å². The van der Waals surface area contributed by atoms with Crippen LogP contribution in [0.3, 0.4) is 0 Å². The molecule has 0 amide bonds. The zero-order valence-corrected chi connectivity index (χ0v) is 9.46. The van der Waals surface area contributed by atoms with Crippen LogP contribution in [0.1, 0.15) is 5.56 Å². The summed E-state index contributed by atoms with van der Waals surface area (Å²) in [5.41, 5.74) is 10.6. The van der Waals surface area contributed by atoms with Gasteiger partial charge in [0.15, 0.2) is 0 Å². The van der Waals surface area contributed by atoms with Crippen molar-refractivity contribution in [2.75, 3.05) is 5.73 Å². The third kappa shape index (κ3) is 1.63. The predicted octanol–water partition coefficient (Wildman–Crippen LogP) is 2.29. The van der Waals surface area contributed by atoms with E-state index in [1.54, 1.807) is 6.20 Å². The Hall–Kier alpha value is -2.36. The van der Waals surface area contributed by atoms with Crippen molar-refractivity contribution < 1.29 is 0 Å². The molecule has 0 aliphatic carbocycles. The Labute approximate surface area is 98.7 Å². The van der Waals surface area contributed by atoms with Gasteiger partial charge in [-0.25, -0.2) is 4.52 Å². The van der Waals surface area contributed by atoms with Crippen molar-refractivity contribution in [1.29, 1.82) is 0 Å². The number of nitrogen functional groups attached to an aromatic ring is 1. The summed E-state index contributed by atoms with van der Waals surface area (Å²) in [6.45, 7) is 2.05. The standard InChI is InChI=1S/C13H12N4/c1-9-2-3-10(14)6-12(9)13-8-17-11(7-15-13)4-5-16-17/h2-8H,14H2,1H3. The molecule has 2 N–H and O–H groups in total. The lowest BCUT2D eigenvalue weighted by molar-refractivity contribution is 0.948. The lowest BCUT2D eigenvalue weighted by Gasteiger charge is -2.06. The Morgan fingerprint density at radius 1 is 1.24 bits per heavy atom. The van der Waals surface area contributed by atoms with Gasteiger partial charge in [0.2, 0.25) is 0 Å². The molecule has 4 heteroatoms. The van der Waals surface area contributed by atoms with Gasteiger partial charge < -0.3 is 5.73 Å². The number of nitrogens with zero attached hydrogens (tertiary/aromatic N) is 3. The molecule has 0 unspecified atom stereocenters. The van der Waals surface area contributed by atoms with Gasteiger partial charge in [-0.05, 0) is 30.7 Å². The van der Waals surface area contributed by atoms with Crippen molar-refractivity contribution in [1.82, 2.24) is 14.6 Å². The van der Waals surface area contributed by atoms with E-state index in [0.717, 1.165) is 28.0 Å². The number of hydrogen-bond donors (Lipinski definition) is 1. The largest absolute Gasteiger partial charge is 0.399 e. The van der Waals surface area contributed by atoms with Gasteiger partial charge in [0, 0.05) is 11.3 Å². The minimum absolute atomic E-state index is 0.743. The maximum absolute atomic E-state index is 5.81. The average Bonchev–Trinajstić information content (AvgIpc) is 2.79. The summed E-state index contributed by atoms with van der Waals surface area (Å²) in [5, 5.41) is 4.20. The fourth-order valence-corrected chi connectivity index (χ4v) is 1.87. The molecule has 0 bridgehead atoms. The van der Waals surface area contributed by atoms with Gasteiger partial charge in [-0.2, -0.15) is 5.10 Å². The van der Waals surface area contributed by atoms with Crippen molar-refractivity contribution in [3.05, 3.63) is 48.4 Å². The van der Waals surface area contributed by atoms with E-state index in [2.05, 4.69) is 10.1 Å². The summed E-state index contributed by atoms with van der Waals surface area (Å²) >= 11 is 0. The molecule has 2 aromatic heterocycles. The zero-order chi connectivity index (χ0) is 11.8. The maximum atomic E-state index is 5.81. The second-order valence-electron chi connectivity index (χ2n) is 4.05. The van der Waals surface area contributed by atoms with Crippen LogP contribution >= 0.6 is 0 Å². The second kappa shape index (κ2) is 3.59. The Kier molecular flexibility index (Phi) is 2.08. The van der Waals surface area contributed by atoms with Gasteiger partial charge in [0.25, 0.3) is 0 Å². The van der Waals surface area contributed by atoms with Gasteiger partial charge in [-0.3, -0.25) is 4.98 Å². The number of benzene rings is 1. The minimum atomic E-state index is 0.743. The minimum Gasteiger partial charge on any atom is -0.399 e. The quantitative estimate of drug-likeness (QED) is 0.645. The molecule has 3 aromatic rings. The van der Waals surface area contributed by atoms with Crippen molar-refractivity contribution >= 4 is 11.2 Å². The topological polar surface area (TPSA) is 56.2 Å². The van der Waals surface area contributed by atoms with Crippen LogP contribution < -0.4 is 5.73 Å². The predicted molar refractivity (Wildman–Crippen MR) is 67.6 cm³/mol. The Bertz CT molecular complexity index is 685. The van der Waals surface area contributed by atoms with Gasteiger partial charge >= 0.3 is 0 Å². The zero-order valence-electron chi connectivity index (χ0n) is 9.46. The molecular weight excluding hydrogens is 212 g/mol. The van der Waals surface area contributed by atoms with Crippen molar-refractivity contribution in [3.63, 3.8) is 0 Å². The monoisotopic (exact) mass is 224 g/mol. The fourth-order valence-electron chi connectivity index (χ4n) is 1.87. The molecule has 17 heavy (non-hydrogen) atoms. The molecular formula is C13H12N4. The highest BCUT2D eigenvalue weighted by Gasteiger charge is 2.05. The van der Waals surface area contributed by atoms with Gasteiger partial charge in [-0.15, -0.1) is 0 Å². The molecule has 0 radical (unpaired) electrons. The molecule has 0 aliphatic rings. The first-order chi connectivity index (χ1) is 8.24. The number of aromatic nitrogens is 3. The van der Waals surface area contributed by atoms with Crippen LogP contribution in [-0.4, -0.2) is 14.6 Å². The summed E-state index contributed by atoms with van der Waals surface area (Å²) in [6, 6.07) is 7.75. The summed E-state index contributed by atoms with van der Waals surface area (Å²) in [4.78, 5) is 4.43. The molecule has 0 atom stereocenters. The Morgan fingerprint density at radius 2 is 2.12 bits per heavy atom. The fraction of sp³-hybridized carbons (Fsp3) is 0.0769. The number of nitrogens with two attached hydrogens (primary N) is 1. The SMILES string of the molecule is Cc1ccc(N)cc1-c1cn2nccc2cn1. The first-order valence-corrected chi connectivity index (χ1v) is 5.40. The molecule has 0 spiro atoms.